The number of thiophene rings is 1. The summed E-state index contributed by atoms with van der Waals surface area (Å²) in [7, 11) is 0. The second kappa shape index (κ2) is 8.48. The van der Waals surface area contributed by atoms with E-state index in [4.69, 9.17) is 9.51 Å². The number of nitrogens with zero attached hydrogens (tertiary/aromatic N) is 6. The number of piperazine rings is 1. The number of carbonyl (C=O) groups excluding carboxylic acids is 1. The summed E-state index contributed by atoms with van der Waals surface area (Å²) in [6, 6.07) is 8.08. The summed E-state index contributed by atoms with van der Waals surface area (Å²) >= 11 is 1.62. The molecule has 0 saturated carbocycles. The van der Waals surface area contributed by atoms with E-state index in [1.54, 1.807) is 17.5 Å². The van der Waals surface area contributed by atoms with Crippen molar-refractivity contribution in [3.8, 4) is 10.6 Å². The van der Waals surface area contributed by atoms with Crippen molar-refractivity contribution < 1.29 is 9.32 Å². The molecule has 0 atom stereocenters. The predicted molar refractivity (Wildman–Crippen MR) is 124 cm³/mol. The van der Waals surface area contributed by atoms with Crippen molar-refractivity contribution in [2.45, 2.75) is 33.4 Å². The number of aromatic nitrogens is 4. The third kappa shape index (κ3) is 3.93. The highest BCUT2D eigenvalue weighted by molar-refractivity contribution is 7.13. The molecule has 32 heavy (non-hydrogen) atoms. The van der Waals surface area contributed by atoms with Crippen LogP contribution >= 0.6 is 11.3 Å². The molecule has 4 aromatic rings. The number of aryl methyl sites for hydroxylation is 1. The predicted octanol–water partition coefficient (Wildman–Crippen LogP) is 4.00. The highest BCUT2D eigenvalue weighted by Crippen LogP contribution is 2.29. The van der Waals surface area contributed by atoms with Crippen LogP contribution < -0.4 is 0 Å². The van der Waals surface area contributed by atoms with Crippen LogP contribution in [-0.2, 0) is 6.54 Å². The average molecular weight is 451 g/mol. The van der Waals surface area contributed by atoms with E-state index in [1.165, 1.54) is 0 Å². The number of fused-ring (bicyclic) bond motifs is 1. The lowest BCUT2D eigenvalue weighted by molar-refractivity contribution is 0.0619. The number of carbonyl (C=O) groups is 1. The van der Waals surface area contributed by atoms with E-state index in [0.29, 0.717) is 25.2 Å². The molecule has 0 aliphatic carbocycles. The summed E-state index contributed by atoms with van der Waals surface area (Å²) in [4.78, 5) is 23.7. The van der Waals surface area contributed by atoms with Gasteiger partial charge in [-0.3, -0.25) is 9.69 Å². The topological polar surface area (TPSA) is 80.3 Å². The first kappa shape index (κ1) is 20.8. The van der Waals surface area contributed by atoms with Gasteiger partial charge in [-0.1, -0.05) is 11.2 Å². The molecule has 1 aliphatic rings. The highest BCUT2D eigenvalue weighted by Gasteiger charge is 2.26. The summed E-state index contributed by atoms with van der Waals surface area (Å²) in [6.07, 6.45) is 1.77. The zero-order valence-electron chi connectivity index (χ0n) is 18.5. The van der Waals surface area contributed by atoms with Gasteiger partial charge in [-0.2, -0.15) is 5.10 Å². The van der Waals surface area contributed by atoms with E-state index in [9.17, 15) is 4.79 Å². The van der Waals surface area contributed by atoms with E-state index in [1.807, 2.05) is 46.2 Å². The molecule has 166 valence electrons. The molecule has 9 heteroatoms. The largest absolute Gasteiger partial charge is 0.360 e. The zero-order chi connectivity index (χ0) is 22.2. The van der Waals surface area contributed by atoms with E-state index < -0.39 is 0 Å². The molecule has 0 N–H and O–H groups in total. The molecule has 5 rings (SSSR count). The Labute approximate surface area is 190 Å². The molecule has 0 aromatic carbocycles. The Morgan fingerprint density at radius 2 is 2.03 bits per heavy atom. The maximum atomic E-state index is 13.6. The Bertz CT molecular complexity index is 1230. The summed E-state index contributed by atoms with van der Waals surface area (Å²) < 4.78 is 7.23. The lowest BCUT2D eigenvalue weighted by Gasteiger charge is -2.34. The molecule has 8 nitrogen and oxygen atoms in total. The minimum atomic E-state index is 0.0358. The monoisotopic (exact) mass is 450 g/mol. The summed E-state index contributed by atoms with van der Waals surface area (Å²) in [6.45, 7) is 9.71. The van der Waals surface area contributed by atoms with Crippen molar-refractivity contribution in [2.75, 3.05) is 26.2 Å². The van der Waals surface area contributed by atoms with Crippen molar-refractivity contribution in [1.29, 1.82) is 0 Å². The third-order valence-electron chi connectivity index (χ3n) is 5.78. The standard InChI is InChI=1S/C23H26N6O2S/c1-15(2)29-22-19(13-24-29)18(12-20(25-22)21-5-4-10-32-21)23(30)28-8-6-27(7-9-28)14-17-11-16(3)26-31-17/h4-5,10-13,15H,6-9,14H2,1-3H3. The molecule has 1 fully saturated rings. The third-order valence-corrected chi connectivity index (χ3v) is 6.67. The lowest BCUT2D eigenvalue weighted by atomic mass is 10.1. The minimum Gasteiger partial charge on any atom is -0.360 e. The Hall–Kier alpha value is -3.04. The van der Waals surface area contributed by atoms with Gasteiger partial charge in [0.25, 0.3) is 5.91 Å². The van der Waals surface area contributed by atoms with Gasteiger partial charge in [0.2, 0.25) is 0 Å². The first-order chi connectivity index (χ1) is 15.5. The minimum absolute atomic E-state index is 0.0358. The van der Waals surface area contributed by atoms with Gasteiger partial charge in [0.15, 0.2) is 11.4 Å². The molecule has 1 amide bonds. The number of hydrogen-bond acceptors (Lipinski definition) is 7. The van der Waals surface area contributed by atoms with Crippen molar-refractivity contribution >= 4 is 28.3 Å². The van der Waals surface area contributed by atoms with Crippen molar-refractivity contribution in [1.82, 2.24) is 29.7 Å². The first-order valence-electron chi connectivity index (χ1n) is 10.9. The molecule has 4 aromatic heterocycles. The Kier molecular flexibility index (Phi) is 5.52. The van der Waals surface area contributed by atoms with Gasteiger partial charge in [0, 0.05) is 38.3 Å². The summed E-state index contributed by atoms with van der Waals surface area (Å²) in [5.41, 5.74) is 3.13. The fraction of sp³-hybridized carbons (Fsp3) is 0.391. The lowest BCUT2D eigenvalue weighted by Crippen LogP contribution is -2.48. The van der Waals surface area contributed by atoms with Crippen molar-refractivity contribution in [3.63, 3.8) is 0 Å². The van der Waals surface area contributed by atoms with Crippen LogP contribution in [0.15, 0.2) is 40.4 Å². The molecule has 1 saturated heterocycles. The molecule has 5 heterocycles. The van der Waals surface area contributed by atoms with E-state index >= 15 is 0 Å². The van der Waals surface area contributed by atoms with Crippen LogP contribution in [0, 0.1) is 6.92 Å². The van der Waals surface area contributed by atoms with Gasteiger partial charge in [-0.25, -0.2) is 9.67 Å². The molecule has 0 radical (unpaired) electrons. The molecule has 0 unspecified atom stereocenters. The normalized spacial score (nSPS) is 15.2. The smallest absolute Gasteiger partial charge is 0.254 e. The molecule has 0 spiro atoms. The van der Waals surface area contributed by atoms with Crippen LogP contribution in [0.3, 0.4) is 0 Å². The Morgan fingerprint density at radius 1 is 1.22 bits per heavy atom. The van der Waals surface area contributed by atoms with Crippen LogP contribution in [0.1, 0.15) is 41.7 Å². The van der Waals surface area contributed by atoms with Crippen LogP contribution in [0.5, 0.6) is 0 Å². The van der Waals surface area contributed by atoms with Crippen molar-refractivity contribution in [2.24, 2.45) is 0 Å². The van der Waals surface area contributed by atoms with Gasteiger partial charge in [-0.05, 0) is 38.3 Å². The molecular formula is C23H26N6O2S. The fourth-order valence-electron chi connectivity index (χ4n) is 4.11. The molecule has 0 bridgehead atoms. The van der Waals surface area contributed by atoms with Gasteiger partial charge in [0.05, 0.1) is 40.0 Å². The first-order valence-corrected chi connectivity index (χ1v) is 11.7. The number of amides is 1. The van der Waals surface area contributed by atoms with E-state index in [2.05, 4.69) is 29.0 Å². The molecule has 1 aliphatic heterocycles. The SMILES string of the molecule is Cc1cc(CN2CCN(C(=O)c3cc(-c4cccs4)nc4c3cnn4C(C)C)CC2)on1. The number of hydrogen-bond donors (Lipinski definition) is 0. The Balaban J connectivity index is 1.41. The van der Waals surface area contributed by atoms with Gasteiger partial charge >= 0.3 is 0 Å². The maximum absolute atomic E-state index is 13.6. The van der Waals surface area contributed by atoms with Crippen molar-refractivity contribution in [3.05, 3.63) is 52.9 Å². The van der Waals surface area contributed by atoms with Crippen LogP contribution in [0.2, 0.25) is 0 Å². The quantitative estimate of drug-likeness (QED) is 0.457. The second-order valence-corrected chi connectivity index (χ2v) is 9.40. The van der Waals surface area contributed by atoms with Gasteiger partial charge in [-0.15, -0.1) is 11.3 Å². The van der Waals surface area contributed by atoms with Gasteiger partial charge < -0.3 is 9.42 Å². The summed E-state index contributed by atoms with van der Waals surface area (Å²) in [5.74, 6) is 0.897. The number of rotatable bonds is 5. The van der Waals surface area contributed by atoms with Crippen LogP contribution in [0.25, 0.3) is 21.6 Å². The van der Waals surface area contributed by atoms with Crippen LogP contribution in [0.4, 0.5) is 0 Å². The fourth-order valence-corrected chi connectivity index (χ4v) is 4.80. The van der Waals surface area contributed by atoms with E-state index in [0.717, 1.165) is 46.1 Å². The van der Waals surface area contributed by atoms with E-state index in [-0.39, 0.29) is 11.9 Å². The zero-order valence-corrected chi connectivity index (χ0v) is 19.3. The van der Waals surface area contributed by atoms with Gasteiger partial charge in [0.1, 0.15) is 0 Å². The maximum Gasteiger partial charge on any atom is 0.254 e. The molecular weight excluding hydrogens is 424 g/mol. The Morgan fingerprint density at radius 3 is 2.69 bits per heavy atom. The number of pyridine rings is 1. The average Bonchev–Trinajstić information content (AvgIpc) is 3.54. The summed E-state index contributed by atoms with van der Waals surface area (Å²) in [5, 5.41) is 11.3. The highest BCUT2D eigenvalue weighted by atomic mass is 32.1. The van der Waals surface area contributed by atoms with Crippen LogP contribution in [-0.4, -0.2) is 61.8 Å². The second-order valence-electron chi connectivity index (χ2n) is 8.46.